The second kappa shape index (κ2) is 9.51. The zero-order chi connectivity index (χ0) is 22.5. The number of carbonyl (C=O) groups is 2. The van der Waals surface area contributed by atoms with Crippen LogP contribution in [0.3, 0.4) is 0 Å². The minimum Gasteiger partial charge on any atom is -0.481 e. The van der Waals surface area contributed by atoms with Crippen LogP contribution in [0.5, 0.6) is 11.6 Å². The number of aromatic nitrogens is 1. The number of aliphatic carboxylic acids is 1. The summed E-state index contributed by atoms with van der Waals surface area (Å²) in [5.74, 6) is 0.785. The first-order valence-corrected chi connectivity index (χ1v) is 10.7. The van der Waals surface area contributed by atoms with Crippen molar-refractivity contribution in [1.29, 1.82) is 0 Å². The van der Waals surface area contributed by atoms with E-state index in [2.05, 4.69) is 31.1 Å². The Hall–Kier alpha value is -2.54. The van der Waals surface area contributed by atoms with Gasteiger partial charge in [-0.05, 0) is 23.8 Å². The highest BCUT2D eigenvalue weighted by atomic mass is 32.2. The van der Waals surface area contributed by atoms with Gasteiger partial charge in [-0.15, -0.1) is 0 Å². The molecule has 2 aromatic rings. The third-order valence-corrected chi connectivity index (χ3v) is 5.35. The average molecular weight is 431 g/mol. The van der Waals surface area contributed by atoms with Gasteiger partial charge in [0, 0.05) is 39.4 Å². The number of carbonyl (C=O) groups excluding carboxylic acids is 1. The molecule has 0 bridgehead atoms. The zero-order valence-electron chi connectivity index (χ0n) is 18.4. The lowest BCUT2D eigenvalue weighted by molar-refractivity contribution is -0.136. The molecule has 1 amide bonds. The van der Waals surface area contributed by atoms with E-state index >= 15 is 0 Å². The zero-order valence-corrected chi connectivity index (χ0v) is 19.2. The maximum absolute atomic E-state index is 12.3. The number of nitrogens with zero attached hydrogens (tertiary/aromatic N) is 1. The molecule has 0 aliphatic heterocycles. The van der Waals surface area contributed by atoms with Crippen LogP contribution in [0.25, 0.3) is 0 Å². The lowest BCUT2D eigenvalue weighted by Crippen LogP contribution is -2.27. The summed E-state index contributed by atoms with van der Waals surface area (Å²) in [5, 5.41) is 11.8. The fourth-order valence-electron chi connectivity index (χ4n) is 2.35. The molecule has 0 saturated carbocycles. The minimum absolute atomic E-state index is 0.0544. The number of ether oxygens (including phenoxy) is 1. The maximum Gasteiger partial charge on any atom is 0.307 e. The smallest absolute Gasteiger partial charge is 0.307 e. The van der Waals surface area contributed by atoms with Crippen molar-refractivity contribution in [3.63, 3.8) is 0 Å². The molecule has 0 unspecified atom stereocenters. The van der Waals surface area contributed by atoms with E-state index in [1.807, 2.05) is 39.0 Å². The Morgan fingerprint density at radius 2 is 1.80 bits per heavy atom. The van der Waals surface area contributed by atoms with E-state index in [0.29, 0.717) is 22.9 Å². The number of benzene rings is 1. The van der Waals surface area contributed by atoms with Gasteiger partial charge in [-0.2, -0.15) is 11.8 Å². The van der Waals surface area contributed by atoms with E-state index in [4.69, 9.17) is 9.84 Å². The molecule has 30 heavy (non-hydrogen) atoms. The number of carboxylic acids is 1. The van der Waals surface area contributed by atoms with Gasteiger partial charge in [0.05, 0.1) is 6.42 Å². The molecular formula is C23H30N2O4S. The van der Waals surface area contributed by atoms with Gasteiger partial charge in [0.25, 0.3) is 0 Å². The number of hydrogen-bond acceptors (Lipinski definition) is 5. The van der Waals surface area contributed by atoms with Gasteiger partial charge in [-0.25, -0.2) is 4.98 Å². The first-order valence-electron chi connectivity index (χ1n) is 9.76. The van der Waals surface area contributed by atoms with Crippen LogP contribution in [0.2, 0.25) is 0 Å². The van der Waals surface area contributed by atoms with Gasteiger partial charge in [-0.1, -0.05) is 47.6 Å². The average Bonchev–Trinajstić information content (AvgIpc) is 2.61. The molecule has 0 atom stereocenters. The SMILES string of the molecule is CC(C)(C)SCc1cc(NC(=O)C(C)(C)C)ccc1Oc1ccc(CC(=O)O)cn1. The van der Waals surface area contributed by atoms with Crippen LogP contribution in [0.1, 0.15) is 52.7 Å². The van der Waals surface area contributed by atoms with Crippen LogP contribution in [-0.4, -0.2) is 26.7 Å². The van der Waals surface area contributed by atoms with Crippen LogP contribution in [0.4, 0.5) is 5.69 Å². The Balaban J connectivity index is 2.25. The molecule has 162 valence electrons. The van der Waals surface area contributed by atoms with Crippen molar-refractivity contribution < 1.29 is 19.4 Å². The molecule has 6 nitrogen and oxygen atoms in total. The van der Waals surface area contributed by atoms with Gasteiger partial charge < -0.3 is 15.2 Å². The minimum atomic E-state index is -0.903. The fourth-order valence-corrected chi connectivity index (χ4v) is 3.16. The molecule has 1 aromatic carbocycles. The van der Waals surface area contributed by atoms with Crippen molar-refractivity contribution in [1.82, 2.24) is 4.98 Å². The van der Waals surface area contributed by atoms with Gasteiger partial charge >= 0.3 is 5.97 Å². The number of hydrogen-bond donors (Lipinski definition) is 2. The Morgan fingerprint density at radius 3 is 2.33 bits per heavy atom. The Bertz CT molecular complexity index is 897. The normalized spacial score (nSPS) is 11.8. The monoisotopic (exact) mass is 430 g/mol. The quantitative estimate of drug-likeness (QED) is 0.601. The van der Waals surface area contributed by atoms with Gasteiger partial charge in [0.2, 0.25) is 11.8 Å². The maximum atomic E-state index is 12.3. The molecule has 1 heterocycles. The number of nitrogens with one attached hydrogen (secondary N) is 1. The van der Waals surface area contributed by atoms with Crippen molar-refractivity contribution in [2.75, 3.05) is 5.32 Å². The third kappa shape index (κ3) is 7.71. The van der Waals surface area contributed by atoms with Gasteiger partial charge in [-0.3, -0.25) is 9.59 Å². The van der Waals surface area contributed by atoms with Crippen LogP contribution in [-0.2, 0) is 21.8 Å². The predicted octanol–water partition coefficient (Wildman–Crippen LogP) is 5.52. The van der Waals surface area contributed by atoms with Crippen LogP contribution in [0.15, 0.2) is 36.5 Å². The Labute approximate surface area is 182 Å². The van der Waals surface area contributed by atoms with Crippen molar-refractivity contribution >= 4 is 29.3 Å². The number of rotatable bonds is 7. The molecule has 2 N–H and O–H groups in total. The summed E-state index contributed by atoms with van der Waals surface area (Å²) in [6.07, 6.45) is 1.42. The summed E-state index contributed by atoms with van der Waals surface area (Å²) in [6.45, 7) is 12.0. The molecular weight excluding hydrogens is 400 g/mol. The first kappa shape index (κ1) is 23.7. The summed E-state index contributed by atoms with van der Waals surface area (Å²) >= 11 is 1.78. The van der Waals surface area contributed by atoms with Crippen LogP contribution in [0, 0.1) is 5.41 Å². The van der Waals surface area contributed by atoms with E-state index in [-0.39, 0.29) is 17.1 Å². The lowest BCUT2D eigenvalue weighted by atomic mass is 9.95. The topological polar surface area (TPSA) is 88.5 Å². The third-order valence-electron chi connectivity index (χ3n) is 4.03. The van der Waals surface area contributed by atoms with Gasteiger partial charge in [0.15, 0.2) is 0 Å². The van der Waals surface area contributed by atoms with E-state index in [1.54, 1.807) is 23.9 Å². The standard InChI is InChI=1S/C23H30N2O4S/c1-22(2,3)21(28)25-17-8-9-18(16(12-17)14-30-23(4,5)6)29-19-10-7-15(13-24-19)11-20(26)27/h7-10,12-13H,11,14H2,1-6H3,(H,25,28)(H,26,27). The summed E-state index contributed by atoms with van der Waals surface area (Å²) in [7, 11) is 0. The van der Waals surface area contributed by atoms with E-state index in [1.165, 1.54) is 6.20 Å². The highest BCUT2D eigenvalue weighted by molar-refractivity contribution is 7.99. The second-order valence-corrected chi connectivity index (χ2v) is 10.9. The number of anilines is 1. The first-order chi connectivity index (χ1) is 13.8. The largest absolute Gasteiger partial charge is 0.481 e. The number of carboxylic acid groups (broad SMARTS) is 1. The van der Waals surface area contributed by atoms with Gasteiger partial charge in [0.1, 0.15) is 5.75 Å². The number of thioether (sulfide) groups is 1. The molecule has 7 heteroatoms. The second-order valence-electron chi connectivity index (χ2n) is 9.10. The summed E-state index contributed by atoms with van der Waals surface area (Å²) in [4.78, 5) is 27.4. The molecule has 0 spiro atoms. The molecule has 0 aliphatic carbocycles. The highest BCUT2D eigenvalue weighted by Gasteiger charge is 2.22. The van der Waals surface area contributed by atoms with Crippen molar-refractivity contribution in [2.45, 2.75) is 58.5 Å². The summed E-state index contributed by atoms with van der Waals surface area (Å²) in [5.41, 5.74) is 1.78. The summed E-state index contributed by atoms with van der Waals surface area (Å²) < 4.78 is 6.05. The predicted molar refractivity (Wildman–Crippen MR) is 121 cm³/mol. The van der Waals surface area contributed by atoms with E-state index in [9.17, 15) is 9.59 Å². The van der Waals surface area contributed by atoms with Crippen LogP contribution >= 0.6 is 11.8 Å². The van der Waals surface area contributed by atoms with Crippen molar-refractivity contribution in [2.24, 2.45) is 5.41 Å². The summed E-state index contributed by atoms with van der Waals surface area (Å²) in [6, 6.07) is 8.91. The number of amides is 1. The van der Waals surface area contributed by atoms with E-state index in [0.717, 1.165) is 11.3 Å². The molecule has 2 rings (SSSR count). The Kier molecular flexibility index (Phi) is 7.53. The molecule has 0 fully saturated rings. The number of pyridine rings is 1. The highest BCUT2D eigenvalue weighted by Crippen LogP contribution is 2.34. The van der Waals surface area contributed by atoms with Crippen molar-refractivity contribution in [3.8, 4) is 11.6 Å². The molecule has 0 saturated heterocycles. The Morgan fingerprint density at radius 1 is 1.10 bits per heavy atom. The van der Waals surface area contributed by atoms with Crippen molar-refractivity contribution in [3.05, 3.63) is 47.7 Å². The fraction of sp³-hybridized carbons (Fsp3) is 0.435. The van der Waals surface area contributed by atoms with E-state index < -0.39 is 11.4 Å². The molecule has 0 aliphatic rings. The molecule has 0 radical (unpaired) electrons. The molecule has 1 aromatic heterocycles. The van der Waals surface area contributed by atoms with Crippen LogP contribution < -0.4 is 10.1 Å². The lowest BCUT2D eigenvalue weighted by Gasteiger charge is -2.21.